The molecule has 1 aromatic carbocycles. The largest absolute Gasteiger partial charge is 0.491 e. The fraction of sp³-hybridized carbons (Fsp3) is 0.500. The summed E-state index contributed by atoms with van der Waals surface area (Å²) in [5.41, 5.74) is 5.92. The van der Waals surface area contributed by atoms with E-state index >= 15 is 0 Å². The number of thiocarbonyl (C=S) groups is 1. The van der Waals surface area contributed by atoms with Crippen molar-refractivity contribution in [1.29, 1.82) is 0 Å². The van der Waals surface area contributed by atoms with Crippen molar-refractivity contribution in [2.24, 2.45) is 5.73 Å². The molecular formula is C14H22N2O3S2. The van der Waals surface area contributed by atoms with Crippen LogP contribution in [-0.2, 0) is 10.0 Å². The van der Waals surface area contributed by atoms with Crippen LogP contribution in [0.4, 0.5) is 5.69 Å². The van der Waals surface area contributed by atoms with E-state index in [9.17, 15) is 8.42 Å². The van der Waals surface area contributed by atoms with Gasteiger partial charge in [0.15, 0.2) is 0 Å². The van der Waals surface area contributed by atoms with Gasteiger partial charge in [-0.2, -0.15) is 0 Å². The third-order valence-electron chi connectivity index (χ3n) is 3.07. The second-order valence-electron chi connectivity index (χ2n) is 4.81. The zero-order valence-electron chi connectivity index (χ0n) is 12.5. The minimum absolute atomic E-state index is 0.0305. The topological polar surface area (TPSA) is 81.4 Å². The molecule has 0 radical (unpaired) electrons. The predicted molar refractivity (Wildman–Crippen MR) is 90.2 cm³/mol. The number of rotatable bonds is 8. The molecule has 0 heterocycles. The van der Waals surface area contributed by atoms with Gasteiger partial charge >= 0.3 is 0 Å². The van der Waals surface area contributed by atoms with E-state index in [0.29, 0.717) is 17.9 Å². The monoisotopic (exact) mass is 330 g/mol. The Labute approximate surface area is 131 Å². The zero-order chi connectivity index (χ0) is 16.0. The summed E-state index contributed by atoms with van der Waals surface area (Å²) in [4.78, 5) is -0.0305. The molecule has 0 aromatic heterocycles. The highest BCUT2D eigenvalue weighted by Gasteiger charge is 2.26. The Balaban J connectivity index is 2.92. The SMILES string of the molecule is CCC(C)Oc1cccc(NS(=O)(=O)C(CC)C(N)=S)c1. The minimum Gasteiger partial charge on any atom is -0.491 e. The van der Waals surface area contributed by atoms with Gasteiger partial charge in [-0.25, -0.2) is 8.42 Å². The number of sulfonamides is 1. The van der Waals surface area contributed by atoms with Crippen molar-refractivity contribution in [1.82, 2.24) is 0 Å². The van der Waals surface area contributed by atoms with Gasteiger partial charge in [0, 0.05) is 6.07 Å². The molecule has 1 rings (SSSR count). The Bertz CT molecular complexity index is 588. The number of nitrogens with one attached hydrogen (secondary N) is 1. The molecule has 2 atom stereocenters. The van der Waals surface area contributed by atoms with Gasteiger partial charge in [-0.1, -0.05) is 32.1 Å². The van der Waals surface area contributed by atoms with Crippen LogP contribution < -0.4 is 15.2 Å². The molecule has 5 nitrogen and oxygen atoms in total. The van der Waals surface area contributed by atoms with E-state index in [1.54, 1.807) is 31.2 Å². The van der Waals surface area contributed by atoms with Crippen LogP contribution in [0.3, 0.4) is 0 Å². The van der Waals surface area contributed by atoms with E-state index in [-0.39, 0.29) is 11.1 Å². The Morgan fingerprint density at radius 1 is 1.38 bits per heavy atom. The van der Waals surface area contributed by atoms with Gasteiger partial charge in [0.2, 0.25) is 10.0 Å². The standard InChI is InChI=1S/C14H22N2O3S2/c1-4-10(3)19-12-8-6-7-11(9-12)16-21(17,18)13(5-2)14(15)20/h6-10,13,16H,4-5H2,1-3H3,(H2,15,20). The van der Waals surface area contributed by atoms with Crippen molar-refractivity contribution in [2.45, 2.75) is 45.0 Å². The maximum absolute atomic E-state index is 12.2. The van der Waals surface area contributed by atoms with Crippen LogP contribution in [0.2, 0.25) is 0 Å². The van der Waals surface area contributed by atoms with E-state index in [2.05, 4.69) is 4.72 Å². The van der Waals surface area contributed by atoms with Gasteiger partial charge in [-0.15, -0.1) is 0 Å². The fourth-order valence-electron chi connectivity index (χ4n) is 1.76. The van der Waals surface area contributed by atoms with Crippen LogP contribution in [0, 0.1) is 0 Å². The normalized spacial score (nSPS) is 14.2. The first-order valence-electron chi connectivity index (χ1n) is 6.87. The highest BCUT2D eigenvalue weighted by Crippen LogP contribution is 2.21. The molecule has 3 N–H and O–H groups in total. The zero-order valence-corrected chi connectivity index (χ0v) is 14.1. The average molecular weight is 330 g/mol. The molecule has 0 spiro atoms. The molecule has 0 aliphatic heterocycles. The lowest BCUT2D eigenvalue weighted by molar-refractivity contribution is 0.217. The number of hydrogen-bond acceptors (Lipinski definition) is 4. The lowest BCUT2D eigenvalue weighted by Crippen LogP contribution is -2.37. The first kappa shape index (κ1) is 17.7. The Kier molecular flexibility index (Phi) is 6.42. The molecule has 7 heteroatoms. The van der Waals surface area contributed by atoms with Crippen molar-refractivity contribution in [3.63, 3.8) is 0 Å². The smallest absolute Gasteiger partial charge is 0.242 e. The van der Waals surface area contributed by atoms with Gasteiger partial charge < -0.3 is 10.5 Å². The van der Waals surface area contributed by atoms with E-state index in [4.69, 9.17) is 22.7 Å². The summed E-state index contributed by atoms with van der Waals surface area (Å²) in [6.45, 7) is 5.70. The van der Waals surface area contributed by atoms with Crippen molar-refractivity contribution >= 4 is 32.9 Å². The maximum Gasteiger partial charge on any atom is 0.242 e. The summed E-state index contributed by atoms with van der Waals surface area (Å²) < 4.78 is 32.7. The molecule has 118 valence electrons. The summed E-state index contributed by atoms with van der Waals surface area (Å²) in [6, 6.07) is 6.83. The minimum atomic E-state index is -3.65. The molecule has 0 saturated carbocycles. The second-order valence-corrected chi connectivity index (χ2v) is 7.15. The molecule has 1 aromatic rings. The van der Waals surface area contributed by atoms with Crippen LogP contribution >= 0.6 is 12.2 Å². The van der Waals surface area contributed by atoms with Crippen LogP contribution in [0.25, 0.3) is 0 Å². The van der Waals surface area contributed by atoms with Crippen LogP contribution in [0.15, 0.2) is 24.3 Å². The van der Waals surface area contributed by atoms with Gasteiger partial charge in [-0.05, 0) is 31.9 Å². The first-order chi connectivity index (χ1) is 9.80. The molecule has 0 aliphatic rings. The van der Waals surface area contributed by atoms with E-state index < -0.39 is 15.3 Å². The molecule has 0 amide bonds. The van der Waals surface area contributed by atoms with Gasteiger partial charge in [0.25, 0.3) is 0 Å². The molecule has 0 bridgehead atoms. The second kappa shape index (κ2) is 7.61. The highest BCUT2D eigenvalue weighted by molar-refractivity contribution is 7.95. The summed E-state index contributed by atoms with van der Waals surface area (Å²) >= 11 is 4.81. The quantitative estimate of drug-likeness (QED) is 0.716. The van der Waals surface area contributed by atoms with Crippen molar-refractivity contribution < 1.29 is 13.2 Å². The third-order valence-corrected chi connectivity index (χ3v) is 5.36. The molecule has 0 fully saturated rings. The number of hydrogen-bond donors (Lipinski definition) is 2. The maximum atomic E-state index is 12.2. The van der Waals surface area contributed by atoms with Gasteiger partial charge in [0.05, 0.1) is 16.8 Å². The van der Waals surface area contributed by atoms with Crippen LogP contribution in [-0.4, -0.2) is 24.8 Å². The van der Waals surface area contributed by atoms with Crippen molar-refractivity contribution in [2.75, 3.05) is 4.72 Å². The average Bonchev–Trinajstić information content (AvgIpc) is 2.38. The van der Waals surface area contributed by atoms with E-state index in [0.717, 1.165) is 6.42 Å². The Morgan fingerprint density at radius 3 is 2.57 bits per heavy atom. The number of benzene rings is 1. The predicted octanol–water partition coefficient (Wildman–Crippen LogP) is 2.67. The summed E-state index contributed by atoms with van der Waals surface area (Å²) in [6.07, 6.45) is 1.26. The Morgan fingerprint density at radius 2 is 2.05 bits per heavy atom. The summed E-state index contributed by atoms with van der Waals surface area (Å²) in [5.74, 6) is 0.618. The third kappa shape index (κ3) is 5.17. The van der Waals surface area contributed by atoms with Crippen LogP contribution in [0.1, 0.15) is 33.6 Å². The van der Waals surface area contributed by atoms with E-state index in [1.165, 1.54) is 0 Å². The van der Waals surface area contributed by atoms with Gasteiger partial charge in [-0.3, -0.25) is 4.72 Å². The van der Waals surface area contributed by atoms with Crippen molar-refractivity contribution in [3.8, 4) is 5.75 Å². The van der Waals surface area contributed by atoms with Gasteiger partial charge in [0.1, 0.15) is 11.0 Å². The Hall–Kier alpha value is -1.34. The number of anilines is 1. The van der Waals surface area contributed by atoms with Crippen LogP contribution in [0.5, 0.6) is 5.75 Å². The molecule has 0 aliphatic carbocycles. The summed E-state index contributed by atoms with van der Waals surface area (Å²) in [7, 11) is -3.65. The fourth-order valence-corrected chi connectivity index (χ4v) is 3.65. The van der Waals surface area contributed by atoms with E-state index in [1.807, 2.05) is 13.8 Å². The first-order valence-corrected chi connectivity index (χ1v) is 8.83. The van der Waals surface area contributed by atoms with Crippen molar-refractivity contribution in [3.05, 3.63) is 24.3 Å². The lowest BCUT2D eigenvalue weighted by atomic mass is 10.3. The lowest BCUT2D eigenvalue weighted by Gasteiger charge is -2.17. The highest BCUT2D eigenvalue weighted by atomic mass is 32.2. The molecule has 0 saturated heterocycles. The molecule has 21 heavy (non-hydrogen) atoms. The number of nitrogens with two attached hydrogens (primary N) is 1. The molecule has 2 unspecified atom stereocenters. The summed E-state index contributed by atoms with van der Waals surface area (Å²) in [5, 5.41) is -0.883. The molecular weight excluding hydrogens is 308 g/mol. The number of ether oxygens (including phenoxy) is 1.